The fourth-order valence-electron chi connectivity index (χ4n) is 2.31. The number of hydrogen-bond acceptors (Lipinski definition) is 3. The summed E-state index contributed by atoms with van der Waals surface area (Å²) < 4.78 is 0. The molecule has 1 fully saturated rings. The molecule has 1 atom stereocenters. The molecule has 0 aromatic rings. The van der Waals surface area contributed by atoms with Gasteiger partial charge in [0.25, 0.3) is 0 Å². The van der Waals surface area contributed by atoms with E-state index in [0.717, 1.165) is 12.5 Å². The van der Waals surface area contributed by atoms with Crippen molar-refractivity contribution in [1.29, 1.82) is 0 Å². The number of nitrogens with zero attached hydrogens (tertiary/aromatic N) is 1. The second kappa shape index (κ2) is 7.25. The van der Waals surface area contributed by atoms with E-state index in [1.807, 2.05) is 0 Å². The van der Waals surface area contributed by atoms with Gasteiger partial charge in [-0.25, -0.2) is 0 Å². The molecule has 1 rings (SSSR count). The lowest BCUT2D eigenvalue weighted by molar-refractivity contribution is 0.263. The number of likely N-dealkylation sites (N-methyl/N-ethyl adjacent to an activating group) is 1. The molecule has 0 amide bonds. The van der Waals surface area contributed by atoms with Crippen molar-refractivity contribution in [3.63, 3.8) is 0 Å². The van der Waals surface area contributed by atoms with Gasteiger partial charge in [0.15, 0.2) is 0 Å². The molecule has 0 aliphatic carbocycles. The molecule has 0 bridgehead atoms. The highest BCUT2D eigenvalue weighted by Gasteiger charge is 2.17. The molecular formula is C13H29N3. The number of rotatable bonds is 6. The van der Waals surface area contributed by atoms with Crippen molar-refractivity contribution >= 4 is 0 Å². The van der Waals surface area contributed by atoms with Gasteiger partial charge in [-0.15, -0.1) is 0 Å². The molecule has 2 N–H and O–H groups in total. The minimum Gasteiger partial charge on any atom is -0.317 e. The van der Waals surface area contributed by atoms with E-state index in [4.69, 9.17) is 0 Å². The summed E-state index contributed by atoms with van der Waals surface area (Å²) >= 11 is 0. The van der Waals surface area contributed by atoms with Crippen LogP contribution in [0.1, 0.15) is 26.7 Å². The zero-order valence-corrected chi connectivity index (χ0v) is 11.4. The molecule has 0 radical (unpaired) electrons. The highest BCUT2D eigenvalue weighted by atomic mass is 15.1. The summed E-state index contributed by atoms with van der Waals surface area (Å²) in [5.41, 5.74) is 0. The second-order valence-corrected chi connectivity index (χ2v) is 5.71. The first-order valence-electron chi connectivity index (χ1n) is 6.68. The quantitative estimate of drug-likeness (QED) is 0.713. The number of nitrogens with one attached hydrogen (secondary N) is 2. The monoisotopic (exact) mass is 227 g/mol. The average molecular weight is 227 g/mol. The fourth-order valence-corrected chi connectivity index (χ4v) is 2.31. The van der Waals surface area contributed by atoms with Gasteiger partial charge in [0, 0.05) is 12.6 Å². The molecule has 3 heteroatoms. The summed E-state index contributed by atoms with van der Waals surface area (Å²) in [5, 5.41) is 7.17. The molecule has 0 spiro atoms. The van der Waals surface area contributed by atoms with E-state index in [2.05, 4.69) is 43.5 Å². The van der Waals surface area contributed by atoms with Crippen LogP contribution in [-0.4, -0.2) is 51.2 Å². The SMILES string of the molecule is CC(C)C(CN(C)C)NCC1CCNCC1. The number of hydrogen-bond donors (Lipinski definition) is 2. The van der Waals surface area contributed by atoms with Crippen LogP contribution in [-0.2, 0) is 0 Å². The summed E-state index contributed by atoms with van der Waals surface area (Å²) in [4.78, 5) is 2.28. The summed E-state index contributed by atoms with van der Waals surface area (Å²) in [7, 11) is 4.31. The van der Waals surface area contributed by atoms with Gasteiger partial charge in [-0.05, 0) is 58.4 Å². The fraction of sp³-hybridized carbons (Fsp3) is 1.00. The van der Waals surface area contributed by atoms with E-state index in [1.165, 1.54) is 32.5 Å². The summed E-state index contributed by atoms with van der Waals surface area (Å²) in [6, 6.07) is 0.630. The Balaban J connectivity index is 2.25. The maximum absolute atomic E-state index is 3.75. The van der Waals surface area contributed by atoms with Gasteiger partial charge in [-0.3, -0.25) is 0 Å². The van der Waals surface area contributed by atoms with Crippen molar-refractivity contribution in [1.82, 2.24) is 15.5 Å². The molecule has 3 nitrogen and oxygen atoms in total. The van der Waals surface area contributed by atoms with Gasteiger partial charge in [0.05, 0.1) is 0 Å². The predicted molar refractivity (Wildman–Crippen MR) is 70.8 cm³/mol. The van der Waals surface area contributed by atoms with Crippen LogP contribution in [0.4, 0.5) is 0 Å². The Morgan fingerprint density at radius 3 is 2.38 bits per heavy atom. The molecule has 1 aliphatic heterocycles. The normalized spacial score (nSPS) is 20.6. The van der Waals surface area contributed by atoms with Crippen molar-refractivity contribution in [3.05, 3.63) is 0 Å². The Morgan fingerprint density at radius 2 is 1.88 bits per heavy atom. The lowest BCUT2D eigenvalue weighted by Crippen LogP contribution is -2.45. The van der Waals surface area contributed by atoms with Crippen molar-refractivity contribution in [2.24, 2.45) is 11.8 Å². The van der Waals surface area contributed by atoms with Crippen LogP contribution in [0.15, 0.2) is 0 Å². The van der Waals surface area contributed by atoms with Gasteiger partial charge in [-0.2, -0.15) is 0 Å². The maximum atomic E-state index is 3.75. The summed E-state index contributed by atoms with van der Waals surface area (Å²) in [6.07, 6.45) is 2.67. The molecule has 96 valence electrons. The first kappa shape index (κ1) is 13.9. The Bertz CT molecular complexity index is 174. The smallest absolute Gasteiger partial charge is 0.0217 e. The Hall–Kier alpha value is -0.120. The maximum Gasteiger partial charge on any atom is 0.0217 e. The van der Waals surface area contributed by atoms with E-state index < -0.39 is 0 Å². The van der Waals surface area contributed by atoms with Gasteiger partial charge >= 0.3 is 0 Å². The van der Waals surface area contributed by atoms with Gasteiger partial charge in [-0.1, -0.05) is 13.8 Å². The zero-order valence-electron chi connectivity index (χ0n) is 11.4. The highest BCUT2D eigenvalue weighted by molar-refractivity contribution is 4.77. The van der Waals surface area contributed by atoms with Crippen LogP contribution >= 0.6 is 0 Å². The average Bonchev–Trinajstić information content (AvgIpc) is 2.25. The predicted octanol–water partition coefficient (Wildman–Crippen LogP) is 1.16. The molecule has 16 heavy (non-hydrogen) atoms. The molecule has 0 aromatic carbocycles. The molecule has 1 aliphatic rings. The van der Waals surface area contributed by atoms with Crippen LogP contribution in [0.25, 0.3) is 0 Å². The third-order valence-electron chi connectivity index (χ3n) is 3.49. The summed E-state index contributed by atoms with van der Waals surface area (Å²) in [5.74, 6) is 1.59. The molecule has 0 aromatic heterocycles. The molecule has 1 heterocycles. The minimum absolute atomic E-state index is 0.630. The van der Waals surface area contributed by atoms with E-state index in [-0.39, 0.29) is 0 Å². The van der Waals surface area contributed by atoms with Crippen molar-refractivity contribution < 1.29 is 0 Å². The second-order valence-electron chi connectivity index (χ2n) is 5.71. The van der Waals surface area contributed by atoms with Crippen LogP contribution in [0.2, 0.25) is 0 Å². The van der Waals surface area contributed by atoms with E-state index in [9.17, 15) is 0 Å². The Morgan fingerprint density at radius 1 is 1.25 bits per heavy atom. The third kappa shape index (κ3) is 5.28. The Kier molecular flexibility index (Phi) is 6.32. The first-order chi connectivity index (χ1) is 7.59. The van der Waals surface area contributed by atoms with Crippen LogP contribution in [0, 0.1) is 11.8 Å². The Labute approximate surface area is 101 Å². The first-order valence-corrected chi connectivity index (χ1v) is 6.68. The van der Waals surface area contributed by atoms with Gasteiger partial charge < -0.3 is 15.5 Å². The highest BCUT2D eigenvalue weighted by Crippen LogP contribution is 2.11. The lowest BCUT2D eigenvalue weighted by Gasteiger charge is -2.29. The van der Waals surface area contributed by atoms with Crippen LogP contribution in [0.5, 0.6) is 0 Å². The van der Waals surface area contributed by atoms with Crippen molar-refractivity contribution in [2.45, 2.75) is 32.7 Å². The molecule has 1 saturated heterocycles. The topological polar surface area (TPSA) is 27.3 Å². The van der Waals surface area contributed by atoms with E-state index >= 15 is 0 Å². The summed E-state index contributed by atoms with van der Waals surface area (Å²) in [6.45, 7) is 9.35. The molecular weight excluding hydrogens is 198 g/mol. The third-order valence-corrected chi connectivity index (χ3v) is 3.49. The zero-order chi connectivity index (χ0) is 12.0. The largest absolute Gasteiger partial charge is 0.317 e. The molecule has 1 unspecified atom stereocenters. The van der Waals surface area contributed by atoms with E-state index in [0.29, 0.717) is 12.0 Å². The van der Waals surface area contributed by atoms with Crippen molar-refractivity contribution in [3.8, 4) is 0 Å². The number of piperidine rings is 1. The standard InChI is InChI=1S/C13H29N3/c1-11(2)13(10-16(3)4)15-9-12-5-7-14-8-6-12/h11-15H,5-10H2,1-4H3. The van der Waals surface area contributed by atoms with Gasteiger partial charge in [0.1, 0.15) is 0 Å². The minimum atomic E-state index is 0.630. The van der Waals surface area contributed by atoms with Crippen molar-refractivity contribution in [2.75, 3.05) is 40.3 Å². The van der Waals surface area contributed by atoms with Crippen LogP contribution in [0.3, 0.4) is 0 Å². The lowest BCUT2D eigenvalue weighted by atomic mass is 9.96. The van der Waals surface area contributed by atoms with Gasteiger partial charge in [0.2, 0.25) is 0 Å². The van der Waals surface area contributed by atoms with E-state index in [1.54, 1.807) is 0 Å². The molecule has 0 saturated carbocycles. The van der Waals surface area contributed by atoms with Crippen LogP contribution < -0.4 is 10.6 Å².